The van der Waals surface area contributed by atoms with Crippen molar-refractivity contribution in [1.29, 1.82) is 0 Å². The molecule has 6 heteroatoms. The van der Waals surface area contributed by atoms with E-state index in [0.29, 0.717) is 24.8 Å². The molecule has 0 amide bonds. The van der Waals surface area contributed by atoms with Crippen molar-refractivity contribution in [3.05, 3.63) is 6.07 Å². The van der Waals surface area contributed by atoms with E-state index in [1.165, 1.54) is 0 Å². The fraction of sp³-hybridized carbons (Fsp3) is 0.556. The molecule has 1 aromatic heterocycles. The molecule has 0 spiro atoms. The maximum atomic E-state index is 5.53. The van der Waals surface area contributed by atoms with E-state index in [-0.39, 0.29) is 12.0 Å². The molecule has 5 N–H and O–H groups in total. The molecule has 0 aromatic carbocycles. The number of anilines is 3. The molecule has 1 unspecified atom stereocenters. The van der Waals surface area contributed by atoms with Gasteiger partial charge in [-0.1, -0.05) is 0 Å². The van der Waals surface area contributed by atoms with Crippen molar-refractivity contribution in [1.82, 2.24) is 9.97 Å². The summed E-state index contributed by atoms with van der Waals surface area (Å²) < 4.78 is 5.26. The largest absolute Gasteiger partial charge is 0.383 e. The molecule has 1 aromatic rings. The van der Waals surface area contributed by atoms with Gasteiger partial charge >= 0.3 is 0 Å². The smallest absolute Gasteiger partial charge is 0.223 e. The Hall–Kier alpha value is -1.56. The lowest BCUT2D eigenvalue weighted by atomic mass is 10.3. The van der Waals surface area contributed by atoms with Gasteiger partial charge in [0.1, 0.15) is 11.6 Å². The highest BCUT2D eigenvalue weighted by atomic mass is 16.5. The van der Waals surface area contributed by atoms with Crippen LogP contribution in [-0.4, -0.2) is 29.2 Å². The molecule has 0 saturated carbocycles. The van der Waals surface area contributed by atoms with Crippen molar-refractivity contribution in [3.8, 4) is 0 Å². The predicted molar refractivity (Wildman–Crippen MR) is 60.4 cm³/mol. The summed E-state index contributed by atoms with van der Waals surface area (Å²) in [6.07, 6.45) is 0. The molecule has 1 rings (SSSR count). The van der Waals surface area contributed by atoms with Gasteiger partial charge in [0.25, 0.3) is 0 Å². The number of nitrogens with one attached hydrogen (secondary N) is 1. The fourth-order valence-corrected chi connectivity index (χ4v) is 1.15. The highest BCUT2D eigenvalue weighted by molar-refractivity contribution is 5.48. The molecule has 84 valence electrons. The Morgan fingerprint density at radius 3 is 2.80 bits per heavy atom. The Kier molecular flexibility index (Phi) is 4.11. The van der Waals surface area contributed by atoms with E-state index < -0.39 is 0 Å². The van der Waals surface area contributed by atoms with Gasteiger partial charge in [-0.25, -0.2) is 0 Å². The Bertz CT molecular complexity index is 297. The Labute approximate surface area is 89.0 Å². The molecule has 0 aliphatic heterocycles. The third kappa shape index (κ3) is 3.99. The van der Waals surface area contributed by atoms with Crippen LogP contribution in [0, 0.1) is 0 Å². The van der Waals surface area contributed by atoms with Crippen LogP contribution < -0.4 is 16.8 Å². The molecule has 0 saturated heterocycles. The zero-order valence-corrected chi connectivity index (χ0v) is 9.03. The molecular weight excluding hydrogens is 194 g/mol. The predicted octanol–water partition coefficient (Wildman–Crippen LogP) is 0.478. The standard InChI is InChI=1S/C9H17N5O/c1-3-15-5-6(2)12-8-4-7(10)13-9(11)14-8/h4,6H,3,5H2,1-2H3,(H5,10,11,12,13,14). The van der Waals surface area contributed by atoms with E-state index in [4.69, 9.17) is 16.2 Å². The van der Waals surface area contributed by atoms with Gasteiger partial charge in [-0.15, -0.1) is 0 Å². The van der Waals surface area contributed by atoms with Crippen LogP contribution in [0.2, 0.25) is 0 Å². The summed E-state index contributed by atoms with van der Waals surface area (Å²) in [6.45, 7) is 5.25. The van der Waals surface area contributed by atoms with Crippen molar-refractivity contribution in [2.45, 2.75) is 19.9 Å². The first-order valence-electron chi connectivity index (χ1n) is 4.86. The van der Waals surface area contributed by atoms with Crippen molar-refractivity contribution in [2.75, 3.05) is 30.0 Å². The summed E-state index contributed by atoms with van der Waals surface area (Å²) in [5.41, 5.74) is 11.0. The van der Waals surface area contributed by atoms with Crippen LogP contribution in [0.1, 0.15) is 13.8 Å². The Morgan fingerprint density at radius 2 is 2.20 bits per heavy atom. The molecule has 15 heavy (non-hydrogen) atoms. The van der Waals surface area contributed by atoms with Crippen molar-refractivity contribution in [2.24, 2.45) is 0 Å². The second kappa shape index (κ2) is 5.35. The van der Waals surface area contributed by atoms with E-state index >= 15 is 0 Å². The van der Waals surface area contributed by atoms with Crippen molar-refractivity contribution in [3.63, 3.8) is 0 Å². The second-order valence-electron chi connectivity index (χ2n) is 3.24. The number of hydrogen-bond donors (Lipinski definition) is 3. The number of ether oxygens (including phenoxy) is 1. The first kappa shape index (κ1) is 11.5. The molecular formula is C9H17N5O. The van der Waals surface area contributed by atoms with Gasteiger partial charge < -0.3 is 21.5 Å². The number of nitrogens with two attached hydrogens (primary N) is 2. The highest BCUT2D eigenvalue weighted by Gasteiger charge is 2.04. The molecule has 6 nitrogen and oxygen atoms in total. The van der Waals surface area contributed by atoms with E-state index in [0.717, 1.165) is 0 Å². The van der Waals surface area contributed by atoms with Crippen LogP contribution in [-0.2, 0) is 4.74 Å². The molecule has 0 aliphatic carbocycles. The summed E-state index contributed by atoms with van der Waals surface area (Å²) >= 11 is 0. The number of nitrogens with zero attached hydrogens (tertiary/aromatic N) is 2. The maximum Gasteiger partial charge on any atom is 0.223 e. The van der Waals surface area contributed by atoms with Crippen LogP contribution in [0.25, 0.3) is 0 Å². The monoisotopic (exact) mass is 211 g/mol. The number of nitrogen functional groups attached to an aromatic ring is 2. The SMILES string of the molecule is CCOCC(C)Nc1cc(N)nc(N)n1. The minimum Gasteiger partial charge on any atom is -0.383 e. The van der Waals surface area contributed by atoms with Gasteiger partial charge in [0, 0.05) is 18.7 Å². The minimum absolute atomic E-state index is 0.152. The van der Waals surface area contributed by atoms with Crippen LogP contribution in [0.15, 0.2) is 6.07 Å². The zero-order chi connectivity index (χ0) is 11.3. The lowest BCUT2D eigenvalue weighted by molar-refractivity contribution is 0.141. The third-order valence-corrected chi connectivity index (χ3v) is 1.73. The molecule has 0 aliphatic rings. The lowest BCUT2D eigenvalue weighted by Crippen LogP contribution is -2.22. The summed E-state index contributed by atoms with van der Waals surface area (Å²) in [5, 5.41) is 3.12. The van der Waals surface area contributed by atoms with Gasteiger partial charge in [-0.3, -0.25) is 0 Å². The number of hydrogen-bond acceptors (Lipinski definition) is 6. The van der Waals surface area contributed by atoms with Gasteiger partial charge in [-0.05, 0) is 13.8 Å². The first-order chi connectivity index (χ1) is 7.11. The third-order valence-electron chi connectivity index (χ3n) is 1.73. The summed E-state index contributed by atoms with van der Waals surface area (Å²) in [7, 11) is 0. The van der Waals surface area contributed by atoms with Crippen molar-refractivity contribution < 1.29 is 4.74 Å². The average molecular weight is 211 g/mol. The maximum absolute atomic E-state index is 5.53. The van der Waals surface area contributed by atoms with Crippen LogP contribution in [0.4, 0.5) is 17.6 Å². The number of rotatable bonds is 5. The van der Waals surface area contributed by atoms with E-state index in [1.807, 2.05) is 13.8 Å². The normalized spacial score (nSPS) is 12.4. The Morgan fingerprint density at radius 1 is 1.47 bits per heavy atom. The van der Waals surface area contributed by atoms with Crippen molar-refractivity contribution >= 4 is 17.6 Å². The topological polar surface area (TPSA) is 99.1 Å². The molecule has 0 fully saturated rings. The quantitative estimate of drug-likeness (QED) is 0.655. The summed E-state index contributed by atoms with van der Waals surface area (Å²) in [4.78, 5) is 7.78. The van der Waals surface area contributed by atoms with Gasteiger partial charge in [0.15, 0.2) is 0 Å². The van der Waals surface area contributed by atoms with Crippen LogP contribution in [0.3, 0.4) is 0 Å². The molecule has 1 heterocycles. The summed E-state index contributed by atoms with van der Waals surface area (Å²) in [6, 6.07) is 1.79. The Balaban J connectivity index is 2.56. The van der Waals surface area contributed by atoms with E-state index in [1.54, 1.807) is 6.07 Å². The number of aromatic nitrogens is 2. The second-order valence-corrected chi connectivity index (χ2v) is 3.24. The fourth-order valence-electron chi connectivity index (χ4n) is 1.15. The van der Waals surface area contributed by atoms with E-state index in [9.17, 15) is 0 Å². The molecule has 0 radical (unpaired) electrons. The van der Waals surface area contributed by atoms with Gasteiger partial charge in [0.2, 0.25) is 5.95 Å². The summed E-state index contributed by atoms with van der Waals surface area (Å²) in [5.74, 6) is 1.14. The van der Waals surface area contributed by atoms with Crippen LogP contribution >= 0.6 is 0 Å². The average Bonchev–Trinajstić information content (AvgIpc) is 2.13. The zero-order valence-electron chi connectivity index (χ0n) is 9.03. The first-order valence-corrected chi connectivity index (χ1v) is 4.86. The lowest BCUT2D eigenvalue weighted by Gasteiger charge is -2.14. The van der Waals surface area contributed by atoms with Crippen LogP contribution in [0.5, 0.6) is 0 Å². The minimum atomic E-state index is 0.152. The van der Waals surface area contributed by atoms with Gasteiger partial charge in [0.05, 0.1) is 6.61 Å². The highest BCUT2D eigenvalue weighted by Crippen LogP contribution is 2.10. The van der Waals surface area contributed by atoms with Gasteiger partial charge in [-0.2, -0.15) is 9.97 Å². The molecule has 1 atom stereocenters. The molecule has 0 bridgehead atoms. The van der Waals surface area contributed by atoms with E-state index in [2.05, 4.69) is 15.3 Å².